The van der Waals surface area contributed by atoms with Crippen molar-refractivity contribution in [2.24, 2.45) is 5.41 Å². The fourth-order valence-corrected chi connectivity index (χ4v) is 7.02. The fraction of sp³-hybridized carbons (Fsp3) is 0.769. The lowest BCUT2D eigenvalue weighted by atomic mass is 9.82. The summed E-state index contributed by atoms with van der Waals surface area (Å²) in [6.45, 7) is 13.7. The number of ether oxygens (including phenoxy) is 3. The van der Waals surface area contributed by atoms with Gasteiger partial charge < -0.3 is 23.3 Å². The van der Waals surface area contributed by atoms with E-state index < -0.39 is 99.7 Å². The normalized spacial score (nSPS) is 26.2. The van der Waals surface area contributed by atoms with Crippen LogP contribution in [0.5, 0.6) is 0 Å². The first-order valence-electron chi connectivity index (χ1n) is 14.1. The molecule has 3 N–H and O–H groups in total. The number of hydrogen-bond acceptors (Lipinski definition) is 11. The van der Waals surface area contributed by atoms with Gasteiger partial charge in [-0.2, -0.15) is 0 Å². The van der Waals surface area contributed by atoms with Gasteiger partial charge in [0.25, 0.3) is 20.6 Å². The van der Waals surface area contributed by atoms with E-state index in [-0.39, 0.29) is 5.56 Å². The van der Waals surface area contributed by atoms with Gasteiger partial charge in [-0.05, 0) is 48.5 Å². The highest BCUT2D eigenvalue weighted by Gasteiger charge is 2.56. The number of carbonyl (C=O) groups excluding carboxylic acids is 2. The molecule has 0 aliphatic carbocycles. The van der Waals surface area contributed by atoms with E-state index in [4.69, 9.17) is 23.3 Å². The van der Waals surface area contributed by atoms with Gasteiger partial charge in [0.15, 0.2) is 12.4 Å². The molecule has 1 saturated heterocycles. The van der Waals surface area contributed by atoms with Crippen LogP contribution in [-0.4, -0.2) is 84.6 Å². The first kappa shape index (κ1) is 38.0. The van der Waals surface area contributed by atoms with E-state index in [1.165, 1.54) is 41.0 Å². The molecule has 2 rings (SSSR count). The zero-order chi connectivity index (χ0) is 33.8. The van der Waals surface area contributed by atoms with Gasteiger partial charge in [-0.25, -0.2) is 19.4 Å². The molecule has 15 nitrogen and oxygen atoms in total. The Morgan fingerprint density at radius 1 is 1.00 bits per heavy atom. The predicted octanol–water partition coefficient (Wildman–Crippen LogP) is 2.63. The number of halogens is 1. The maximum Gasteiger partial charge on any atom is 0.330 e. The standard InChI is InChI=1S/C26H45FN4O11P2/c1-14(2)40-23(33)17(6)29-43(9,36)38-12-19-26(8,13-39-44(10,37)30-18(7)24(34)41-15(3)4)20(27)22(42-19)31-11-16(5)21(32)28-25(31)35/h11,14-15,17-20,22H,12-13H2,1-10H3,(H,29,36)(H,30,37)(H,28,32,35)/t17-,18-,19+,20-,22+,26?,43?,44?/m0/s1. The number of carbonyl (C=O) groups is 2. The highest BCUT2D eigenvalue weighted by atomic mass is 31.2. The smallest absolute Gasteiger partial charge is 0.330 e. The van der Waals surface area contributed by atoms with Crippen LogP contribution in [0.2, 0.25) is 0 Å². The van der Waals surface area contributed by atoms with Crippen molar-refractivity contribution in [3.8, 4) is 0 Å². The van der Waals surface area contributed by atoms with E-state index in [1.807, 2.05) is 0 Å². The van der Waals surface area contributed by atoms with Gasteiger partial charge in [0.1, 0.15) is 12.1 Å². The summed E-state index contributed by atoms with van der Waals surface area (Å²) in [4.78, 5) is 51.0. The molecule has 1 aromatic rings. The Morgan fingerprint density at radius 2 is 1.48 bits per heavy atom. The van der Waals surface area contributed by atoms with Crippen LogP contribution < -0.4 is 21.4 Å². The molecule has 18 heteroatoms. The summed E-state index contributed by atoms with van der Waals surface area (Å²) in [5, 5.41) is 5.15. The summed E-state index contributed by atoms with van der Waals surface area (Å²) in [5.74, 6) is -1.32. The SMILES string of the molecule is Cc1cn([C@@H]2O[C@H](COP(C)(=O)N[C@@H](C)C(=O)OC(C)C)C(C)(COP(C)(=O)N[C@@H](C)C(=O)OC(C)C)[C@H]2F)c(=O)[nH]c1=O. The summed E-state index contributed by atoms with van der Waals surface area (Å²) < 4.78 is 71.0. The van der Waals surface area contributed by atoms with Gasteiger partial charge in [0.05, 0.1) is 36.9 Å². The summed E-state index contributed by atoms with van der Waals surface area (Å²) >= 11 is 0. The van der Waals surface area contributed by atoms with Crippen LogP contribution in [0.1, 0.15) is 60.3 Å². The molecule has 0 aromatic carbocycles. The minimum atomic E-state index is -3.75. The number of aryl methyl sites for hydroxylation is 1. The monoisotopic (exact) mass is 670 g/mol. The number of aromatic amines is 1. The van der Waals surface area contributed by atoms with Gasteiger partial charge in [0.2, 0.25) is 0 Å². The third kappa shape index (κ3) is 10.2. The van der Waals surface area contributed by atoms with Gasteiger partial charge in [-0.3, -0.25) is 33.1 Å². The van der Waals surface area contributed by atoms with E-state index >= 15 is 4.39 Å². The van der Waals surface area contributed by atoms with Crippen LogP contribution in [0.4, 0.5) is 4.39 Å². The lowest BCUT2D eigenvalue weighted by molar-refractivity contribution is -0.149. The Labute approximate surface area is 255 Å². The zero-order valence-corrected chi connectivity index (χ0v) is 28.5. The summed E-state index contributed by atoms with van der Waals surface area (Å²) in [7, 11) is -7.46. The molecule has 0 radical (unpaired) electrons. The number of esters is 2. The Kier molecular flexibility index (Phi) is 12.9. The Hall–Kier alpha value is -2.19. The molecule has 3 unspecified atom stereocenters. The second-order valence-corrected chi connectivity index (χ2v) is 16.3. The lowest BCUT2D eigenvalue weighted by Gasteiger charge is -2.33. The van der Waals surface area contributed by atoms with E-state index in [0.29, 0.717) is 0 Å². The maximum atomic E-state index is 16.3. The molecule has 1 aromatic heterocycles. The molecular weight excluding hydrogens is 625 g/mol. The van der Waals surface area contributed by atoms with E-state index in [9.17, 15) is 28.3 Å². The van der Waals surface area contributed by atoms with E-state index in [0.717, 1.165) is 10.8 Å². The molecule has 1 aliphatic rings. The van der Waals surface area contributed by atoms with E-state index in [1.54, 1.807) is 27.7 Å². The molecular formula is C26H45FN4O11P2. The van der Waals surface area contributed by atoms with Crippen LogP contribution in [-0.2, 0) is 42.0 Å². The van der Waals surface area contributed by atoms with E-state index in [2.05, 4.69) is 15.2 Å². The van der Waals surface area contributed by atoms with Crippen LogP contribution in [0, 0.1) is 12.3 Å². The van der Waals surface area contributed by atoms with Crippen molar-refractivity contribution in [2.75, 3.05) is 26.5 Å². The second kappa shape index (κ2) is 14.9. The van der Waals surface area contributed by atoms with Crippen molar-refractivity contribution >= 4 is 27.0 Å². The molecule has 0 amide bonds. The molecule has 0 spiro atoms. The Bertz CT molecular complexity index is 1400. The lowest BCUT2D eigenvalue weighted by Crippen LogP contribution is -2.43. The number of alkyl halides is 1. The zero-order valence-electron chi connectivity index (χ0n) is 26.7. The largest absolute Gasteiger partial charge is 0.462 e. The first-order chi connectivity index (χ1) is 20.1. The molecule has 252 valence electrons. The third-order valence-corrected chi connectivity index (χ3v) is 9.68. The molecule has 1 fully saturated rings. The van der Waals surface area contributed by atoms with Crippen LogP contribution in [0.3, 0.4) is 0 Å². The van der Waals surface area contributed by atoms with Crippen molar-refractivity contribution in [1.29, 1.82) is 0 Å². The fourth-order valence-electron chi connectivity index (χ4n) is 4.30. The molecule has 0 bridgehead atoms. The summed E-state index contributed by atoms with van der Waals surface area (Å²) in [6, 6.07) is -2.02. The highest BCUT2D eigenvalue weighted by molar-refractivity contribution is 7.56. The van der Waals surface area contributed by atoms with Crippen LogP contribution in [0.25, 0.3) is 0 Å². The average molecular weight is 671 g/mol. The number of aromatic nitrogens is 2. The van der Waals surface area contributed by atoms with Gasteiger partial charge in [0, 0.05) is 25.1 Å². The molecule has 2 heterocycles. The number of nitrogens with one attached hydrogen (secondary N) is 3. The Balaban J connectivity index is 2.32. The summed E-state index contributed by atoms with van der Waals surface area (Å²) in [5.41, 5.74) is -3.13. The van der Waals surface area contributed by atoms with Crippen LogP contribution >= 0.6 is 15.0 Å². The predicted molar refractivity (Wildman–Crippen MR) is 160 cm³/mol. The second-order valence-electron chi connectivity index (χ2n) is 11.8. The quantitative estimate of drug-likeness (QED) is 0.182. The van der Waals surface area contributed by atoms with Crippen molar-refractivity contribution in [2.45, 2.75) is 98.2 Å². The number of nitrogens with zero attached hydrogens (tertiary/aromatic N) is 1. The molecule has 1 aliphatic heterocycles. The molecule has 44 heavy (non-hydrogen) atoms. The Morgan fingerprint density at radius 3 is 1.95 bits per heavy atom. The van der Waals surface area contributed by atoms with Crippen LogP contribution in [0.15, 0.2) is 15.8 Å². The minimum Gasteiger partial charge on any atom is -0.462 e. The molecule has 8 atom stereocenters. The average Bonchev–Trinajstić information content (AvgIpc) is 3.12. The highest BCUT2D eigenvalue weighted by Crippen LogP contribution is 2.50. The first-order valence-corrected chi connectivity index (χ1v) is 18.2. The van der Waals surface area contributed by atoms with Gasteiger partial charge >= 0.3 is 17.6 Å². The van der Waals surface area contributed by atoms with Gasteiger partial charge in [-0.15, -0.1) is 0 Å². The number of rotatable bonds is 15. The summed E-state index contributed by atoms with van der Waals surface area (Å²) in [6.07, 6.45) is -4.47. The van der Waals surface area contributed by atoms with Crippen molar-refractivity contribution in [1.82, 2.24) is 19.7 Å². The number of hydrogen-bond donors (Lipinski definition) is 3. The topological polar surface area (TPSA) is 193 Å². The van der Waals surface area contributed by atoms with Gasteiger partial charge in [-0.1, -0.05) is 6.92 Å². The third-order valence-electron chi connectivity index (χ3n) is 6.70. The van der Waals surface area contributed by atoms with Crippen molar-refractivity contribution in [3.05, 3.63) is 32.6 Å². The number of H-pyrrole nitrogens is 1. The molecule has 0 saturated carbocycles. The minimum absolute atomic E-state index is 0.118. The van der Waals surface area contributed by atoms with Crippen molar-refractivity contribution in [3.63, 3.8) is 0 Å². The van der Waals surface area contributed by atoms with Crippen molar-refractivity contribution < 1.29 is 46.4 Å². The maximum absolute atomic E-state index is 16.3.